The van der Waals surface area contributed by atoms with Crippen LogP contribution in [-0.2, 0) is 0 Å². The molecule has 0 amide bonds. The van der Waals surface area contributed by atoms with Crippen LogP contribution in [0.25, 0.3) is 0 Å². The Bertz CT molecular complexity index is 79.6. The molecule has 1 aromatic rings. The molecule has 0 aliphatic carbocycles. The van der Waals surface area contributed by atoms with E-state index >= 15 is 0 Å². The zero-order valence-electron chi connectivity index (χ0n) is 4.49. The van der Waals surface area contributed by atoms with Crippen LogP contribution in [0.3, 0.4) is 0 Å². The van der Waals surface area contributed by atoms with Gasteiger partial charge in [-0.05, 0) is 11.3 Å². The highest BCUT2D eigenvalue weighted by molar-refractivity contribution is 4.69. The van der Waals surface area contributed by atoms with Crippen molar-refractivity contribution in [3.05, 3.63) is 18.5 Å². The van der Waals surface area contributed by atoms with Gasteiger partial charge in [0, 0.05) is 0 Å². The summed E-state index contributed by atoms with van der Waals surface area (Å²) in [6, 6.07) is 1.72. The maximum absolute atomic E-state index is 3.42. The SMILES string of the molecule is N.N.c1cnnnc1. The average molecular weight is 115 g/mol. The van der Waals surface area contributed by atoms with E-state index in [0.29, 0.717) is 0 Å². The summed E-state index contributed by atoms with van der Waals surface area (Å²) in [6.07, 6.45) is 3.15. The van der Waals surface area contributed by atoms with Crippen LogP contribution in [-0.4, -0.2) is 15.4 Å². The molecule has 5 heteroatoms. The number of nitrogens with zero attached hydrogens (tertiary/aromatic N) is 3. The first-order chi connectivity index (χ1) is 3.00. The van der Waals surface area contributed by atoms with Crippen molar-refractivity contribution in [1.82, 2.24) is 27.7 Å². The van der Waals surface area contributed by atoms with Gasteiger partial charge in [-0.25, -0.2) is 0 Å². The molecule has 0 radical (unpaired) electrons. The summed E-state index contributed by atoms with van der Waals surface area (Å²) in [5.74, 6) is 0. The van der Waals surface area contributed by atoms with Gasteiger partial charge < -0.3 is 12.3 Å². The third-order valence-corrected chi connectivity index (χ3v) is 0.409. The maximum Gasteiger partial charge on any atom is 0.0529 e. The molecule has 8 heavy (non-hydrogen) atoms. The molecule has 1 rings (SSSR count). The predicted molar refractivity (Wildman–Crippen MR) is 29.9 cm³/mol. The van der Waals surface area contributed by atoms with Crippen molar-refractivity contribution in [3.63, 3.8) is 0 Å². The van der Waals surface area contributed by atoms with Gasteiger partial charge in [0.15, 0.2) is 0 Å². The molecule has 0 atom stereocenters. The monoisotopic (exact) mass is 115 g/mol. The second kappa shape index (κ2) is 5.93. The zero-order chi connectivity index (χ0) is 4.24. The molecule has 0 bridgehead atoms. The van der Waals surface area contributed by atoms with E-state index in [9.17, 15) is 0 Å². The molecule has 0 aliphatic rings. The third-order valence-electron chi connectivity index (χ3n) is 0.409. The van der Waals surface area contributed by atoms with Crippen molar-refractivity contribution in [3.8, 4) is 0 Å². The quantitative estimate of drug-likeness (QED) is 0.501. The Labute approximate surface area is 47.3 Å². The van der Waals surface area contributed by atoms with E-state index in [0.717, 1.165) is 0 Å². The van der Waals surface area contributed by atoms with Crippen LogP contribution in [0.15, 0.2) is 18.5 Å². The Kier molecular flexibility index (Phi) is 7.43. The first-order valence-electron chi connectivity index (χ1n) is 1.58. The summed E-state index contributed by atoms with van der Waals surface area (Å²) in [6.45, 7) is 0. The average Bonchev–Trinajstić information content (AvgIpc) is 1.72. The van der Waals surface area contributed by atoms with Crippen LogP contribution >= 0.6 is 0 Å². The summed E-state index contributed by atoms with van der Waals surface area (Å²) < 4.78 is 0. The first-order valence-corrected chi connectivity index (χ1v) is 1.58. The van der Waals surface area contributed by atoms with Crippen molar-refractivity contribution in [2.24, 2.45) is 0 Å². The Morgan fingerprint density at radius 1 is 0.875 bits per heavy atom. The Morgan fingerprint density at radius 2 is 1.38 bits per heavy atom. The van der Waals surface area contributed by atoms with Crippen LogP contribution in [0.1, 0.15) is 0 Å². The molecule has 1 aromatic heterocycles. The molecule has 0 aromatic carbocycles. The van der Waals surface area contributed by atoms with Gasteiger partial charge >= 0.3 is 0 Å². The van der Waals surface area contributed by atoms with Crippen LogP contribution in [0.4, 0.5) is 0 Å². The fraction of sp³-hybridized carbons (Fsp3) is 0. The van der Waals surface area contributed by atoms with Crippen molar-refractivity contribution >= 4 is 0 Å². The number of hydrogen-bond donors (Lipinski definition) is 2. The lowest BCUT2D eigenvalue weighted by Crippen LogP contribution is -1.78. The minimum absolute atomic E-state index is 0. The largest absolute Gasteiger partial charge is 0.344 e. The summed E-state index contributed by atoms with van der Waals surface area (Å²) in [5, 5.41) is 10.1. The highest BCUT2D eigenvalue weighted by atomic mass is 15.3. The second-order valence-corrected chi connectivity index (χ2v) is 0.811. The Morgan fingerprint density at radius 3 is 1.50 bits per heavy atom. The normalized spacial score (nSPS) is 6.00. The predicted octanol–water partition coefficient (Wildman–Crippen LogP) is 0.196. The van der Waals surface area contributed by atoms with E-state index in [1.54, 1.807) is 18.5 Å². The van der Waals surface area contributed by atoms with Crippen molar-refractivity contribution < 1.29 is 0 Å². The van der Waals surface area contributed by atoms with Crippen LogP contribution < -0.4 is 12.3 Å². The van der Waals surface area contributed by atoms with Crippen molar-refractivity contribution in [2.45, 2.75) is 0 Å². The standard InChI is InChI=1S/C3H3N3.2H3N/c1-2-4-6-5-3-1;;/h1-3H;2*1H3. The molecule has 0 fully saturated rings. The fourth-order valence-corrected chi connectivity index (χ4v) is 0.205. The van der Waals surface area contributed by atoms with E-state index in [2.05, 4.69) is 15.4 Å². The molecule has 0 spiro atoms. The van der Waals surface area contributed by atoms with Crippen molar-refractivity contribution in [2.75, 3.05) is 0 Å². The summed E-state index contributed by atoms with van der Waals surface area (Å²) >= 11 is 0. The maximum atomic E-state index is 3.42. The molecule has 0 unspecified atom stereocenters. The minimum Gasteiger partial charge on any atom is -0.344 e. The lowest BCUT2D eigenvalue weighted by molar-refractivity contribution is 0.865. The summed E-state index contributed by atoms with van der Waals surface area (Å²) in [4.78, 5) is 0. The van der Waals surface area contributed by atoms with Crippen LogP contribution in [0.2, 0.25) is 0 Å². The molecule has 0 saturated carbocycles. The van der Waals surface area contributed by atoms with E-state index in [4.69, 9.17) is 0 Å². The van der Waals surface area contributed by atoms with Crippen molar-refractivity contribution in [1.29, 1.82) is 0 Å². The molecule has 5 nitrogen and oxygen atoms in total. The van der Waals surface area contributed by atoms with Gasteiger partial charge in [0.1, 0.15) is 0 Å². The number of rotatable bonds is 0. The summed E-state index contributed by atoms with van der Waals surface area (Å²) in [5.41, 5.74) is 0. The first kappa shape index (κ1) is 10.0. The van der Waals surface area contributed by atoms with Gasteiger partial charge in [-0.2, -0.15) is 0 Å². The number of aromatic nitrogens is 3. The van der Waals surface area contributed by atoms with Gasteiger partial charge in [0.2, 0.25) is 0 Å². The zero-order valence-corrected chi connectivity index (χ0v) is 4.49. The van der Waals surface area contributed by atoms with Gasteiger partial charge in [0.05, 0.1) is 12.4 Å². The highest BCUT2D eigenvalue weighted by Crippen LogP contribution is 1.61. The molecular weight excluding hydrogens is 106 g/mol. The Hall–Kier alpha value is -1.07. The van der Waals surface area contributed by atoms with Gasteiger partial charge in [-0.3, -0.25) is 0 Å². The van der Waals surface area contributed by atoms with E-state index in [1.807, 2.05) is 0 Å². The molecule has 1 heterocycles. The molecule has 0 saturated heterocycles. The van der Waals surface area contributed by atoms with E-state index in [-0.39, 0.29) is 12.3 Å². The van der Waals surface area contributed by atoms with Crippen LogP contribution in [0, 0.1) is 0 Å². The van der Waals surface area contributed by atoms with Gasteiger partial charge in [-0.15, -0.1) is 10.2 Å². The fourth-order valence-electron chi connectivity index (χ4n) is 0.205. The molecule has 6 N–H and O–H groups in total. The van der Waals surface area contributed by atoms with Gasteiger partial charge in [-0.1, -0.05) is 0 Å². The van der Waals surface area contributed by atoms with Crippen LogP contribution in [0.5, 0.6) is 0 Å². The minimum atomic E-state index is 0. The van der Waals surface area contributed by atoms with E-state index < -0.39 is 0 Å². The van der Waals surface area contributed by atoms with E-state index in [1.165, 1.54) is 0 Å². The summed E-state index contributed by atoms with van der Waals surface area (Å²) in [7, 11) is 0. The smallest absolute Gasteiger partial charge is 0.0529 e. The molecular formula is C3H9N5. The molecule has 0 aliphatic heterocycles. The lowest BCUT2D eigenvalue weighted by atomic mass is 10.7. The highest BCUT2D eigenvalue weighted by Gasteiger charge is 1.60. The molecule has 46 valence electrons. The lowest BCUT2D eigenvalue weighted by Gasteiger charge is -1.68. The number of hydrogen-bond acceptors (Lipinski definition) is 5. The third kappa shape index (κ3) is 3.13. The Balaban J connectivity index is 0. The topological polar surface area (TPSA) is 109 Å². The van der Waals surface area contributed by atoms with Gasteiger partial charge in [0.25, 0.3) is 0 Å². The second-order valence-electron chi connectivity index (χ2n) is 0.811.